The van der Waals surface area contributed by atoms with Gasteiger partial charge in [0, 0.05) is 30.6 Å². The zero-order valence-corrected chi connectivity index (χ0v) is 17.8. The van der Waals surface area contributed by atoms with Crippen molar-refractivity contribution >= 4 is 16.7 Å². The zero-order valence-electron chi connectivity index (χ0n) is 17.8. The van der Waals surface area contributed by atoms with Crippen LogP contribution in [0.3, 0.4) is 0 Å². The number of carbonyl (C=O) groups is 1. The standard InChI is InChI=1S/C25H28FN3O2/c1-2-31-21-10-8-18(9-11-21)23-16-19-6-3-4-7-22(19)24(28-23)25(30)27-13-5-14-29-15-12-20(26)17-29/h3-4,6-11,16,20H,2,5,12-15,17H2,1H3,(H,27,30). The molecule has 1 saturated heterocycles. The average molecular weight is 422 g/mol. The lowest BCUT2D eigenvalue weighted by atomic mass is 10.0. The summed E-state index contributed by atoms with van der Waals surface area (Å²) < 4.78 is 18.8. The number of nitrogens with one attached hydrogen (secondary N) is 1. The van der Waals surface area contributed by atoms with E-state index in [1.165, 1.54) is 0 Å². The minimum absolute atomic E-state index is 0.186. The Hall–Kier alpha value is -2.99. The number of amides is 1. The van der Waals surface area contributed by atoms with E-state index >= 15 is 0 Å². The van der Waals surface area contributed by atoms with Crippen LogP contribution in [0.2, 0.25) is 0 Å². The molecule has 4 rings (SSSR count). The van der Waals surface area contributed by atoms with Crippen LogP contribution in [0.5, 0.6) is 5.75 Å². The predicted molar refractivity (Wildman–Crippen MR) is 121 cm³/mol. The molecule has 0 spiro atoms. The van der Waals surface area contributed by atoms with E-state index < -0.39 is 6.17 Å². The fourth-order valence-corrected chi connectivity index (χ4v) is 3.99. The number of pyridine rings is 1. The summed E-state index contributed by atoms with van der Waals surface area (Å²) >= 11 is 0. The number of alkyl halides is 1. The maximum atomic E-state index is 13.3. The molecule has 3 aromatic rings. The van der Waals surface area contributed by atoms with Crippen LogP contribution in [0.1, 0.15) is 30.3 Å². The van der Waals surface area contributed by atoms with Crippen molar-refractivity contribution in [2.24, 2.45) is 0 Å². The monoisotopic (exact) mass is 421 g/mol. The molecule has 1 aliphatic heterocycles. The smallest absolute Gasteiger partial charge is 0.270 e. The molecule has 1 atom stereocenters. The van der Waals surface area contributed by atoms with Crippen molar-refractivity contribution in [2.45, 2.75) is 25.9 Å². The van der Waals surface area contributed by atoms with Crippen LogP contribution in [0.4, 0.5) is 4.39 Å². The highest BCUT2D eigenvalue weighted by Crippen LogP contribution is 2.26. The summed E-state index contributed by atoms with van der Waals surface area (Å²) in [6.45, 7) is 5.20. The van der Waals surface area contributed by atoms with Crippen molar-refractivity contribution in [3.8, 4) is 17.0 Å². The summed E-state index contributed by atoms with van der Waals surface area (Å²) in [6, 6.07) is 17.5. The Labute approximate surface area is 182 Å². The second kappa shape index (κ2) is 9.88. The van der Waals surface area contributed by atoms with Gasteiger partial charge in [-0.3, -0.25) is 4.79 Å². The van der Waals surface area contributed by atoms with E-state index in [-0.39, 0.29) is 5.91 Å². The number of rotatable bonds is 8. The van der Waals surface area contributed by atoms with Gasteiger partial charge in [-0.1, -0.05) is 24.3 Å². The fourth-order valence-electron chi connectivity index (χ4n) is 3.99. The van der Waals surface area contributed by atoms with Crippen molar-refractivity contribution < 1.29 is 13.9 Å². The Kier molecular flexibility index (Phi) is 6.77. The summed E-state index contributed by atoms with van der Waals surface area (Å²) in [4.78, 5) is 19.8. The van der Waals surface area contributed by atoms with Crippen LogP contribution in [0, 0.1) is 0 Å². The van der Waals surface area contributed by atoms with Gasteiger partial charge in [0.15, 0.2) is 0 Å². The third-order valence-corrected chi connectivity index (χ3v) is 5.57. The largest absolute Gasteiger partial charge is 0.494 e. The predicted octanol–water partition coefficient (Wildman–Crippen LogP) is 4.46. The molecule has 1 aliphatic rings. The van der Waals surface area contributed by atoms with E-state index in [0.29, 0.717) is 31.8 Å². The molecule has 1 N–H and O–H groups in total. The van der Waals surface area contributed by atoms with Crippen molar-refractivity contribution in [2.75, 3.05) is 32.8 Å². The number of ether oxygens (including phenoxy) is 1. The van der Waals surface area contributed by atoms with Crippen LogP contribution < -0.4 is 10.1 Å². The SMILES string of the molecule is CCOc1ccc(-c2cc3ccccc3c(C(=O)NCCCN3CCC(F)C3)n2)cc1. The molecule has 0 bridgehead atoms. The topological polar surface area (TPSA) is 54.5 Å². The van der Waals surface area contributed by atoms with E-state index in [1.807, 2.05) is 61.5 Å². The second-order valence-corrected chi connectivity index (χ2v) is 7.83. The van der Waals surface area contributed by atoms with Crippen molar-refractivity contribution in [1.29, 1.82) is 0 Å². The Morgan fingerprint density at radius 2 is 2.03 bits per heavy atom. The van der Waals surface area contributed by atoms with E-state index in [2.05, 4.69) is 10.2 Å². The number of carbonyl (C=O) groups excluding carboxylic acids is 1. The third-order valence-electron chi connectivity index (χ3n) is 5.57. The van der Waals surface area contributed by atoms with Crippen LogP contribution >= 0.6 is 0 Å². The van der Waals surface area contributed by atoms with Gasteiger partial charge in [0.25, 0.3) is 5.91 Å². The van der Waals surface area contributed by atoms with Gasteiger partial charge in [0.2, 0.25) is 0 Å². The molecule has 1 aromatic heterocycles. The zero-order chi connectivity index (χ0) is 21.6. The summed E-state index contributed by atoms with van der Waals surface area (Å²) in [5.41, 5.74) is 2.10. The third kappa shape index (κ3) is 5.20. The average Bonchev–Trinajstić information content (AvgIpc) is 3.21. The van der Waals surface area contributed by atoms with Crippen molar-refractivity contribution in [3.63, 3.8) is 0 Å². The summed E-state index contributed by atoms with van der Waals surface area (Å²) in [7, 11) is 0. The highest BCUT2D eigenvalue weighted by Gasteiger charge is 2.21. The highest BCUT2D eigenvalue weighted by molar-refractivity contribution is 6.06. The molecule has 6 heteroatoms. The number of benzene rings is 2. The molecule has 162 valence electrons. The number of hydrogen-bond acceptors (Lipinski definition) is 4. The van der Waals surface area contributed by atoms with Crippen LogP contribution in [-0.2, 0) is 0 Å². The molecule has 2 aromatic carbocycles. The fraction of sp³-hybridized carbons (Fsp3) is 0.360. The van der Waals surface area contributed by atoms with Crippen LogP contribution in [0.25, 0.3) is 22.0 Å². The Balaban J connectivity index is 1.50. The number of nitrogens with zero attached hydrogens (tertiary/aromatic N) is 2. The highest BCUT2D eigenvalue weighted by atomic mass is 19.1. The molecular formula is C25H28FN3O2. The quantitative estimate of drug-likeness (QED) is 0.546. The van der Waals surface area contributed by atoms with E-state index in [9.17, 15) is 9.18 Å². The number of halogens is 1. The lowest BCUT2D eigenvalue weighted by molar-refractivity contribution is 0.0949. The lowest BCUT2D eigenvalue weighted by Gasteiger charge is -2.15. The Morgan fingerprint density at radius 1 is 1.23 bits per heavy atom. The molecular weight excluding hydrogens is 393 g/mol. The van der Waals surface area contributed by atoms with Gasteiger partial charge in [0.1, 0.15) is 17.6 Å². The van der Waals surface area contributed by atoms with Crippen LogP contribution in [-0.4, -0.2) is 54.7 Å². The van der Waals surface area contributed by atoms with E-state index in [1.54, 1.807) is 0 Å². The summed E-state index contributed by atoms with van der Waals surface area (Å²) in [5, 5.41) is 4.79. The first kappa shape index (κ1) is 21.2. The van der Waals surface area contributed by atoms with Gasteiger partial charge in [-0.05, 0) is 62.0 Å². The summed E-state index contributed by atoms with van der Waals surface area (Å²) in [6.07, 6.45) is 0.686. The van der Waals surface area contributed by atoms with E-state index in [4.69, 9.17) is 9.72 Å². The number of likely N-dealkylation sites (tertiary alicyclic amines) is 1. The van der Waals surface area contributed by atoms with Crippen LogP contribution in [0.15, 0.2) is 54.6 Å². The first-order valence-electron chi connectivity index (χ1n) is 10.9. The molecule has 5 nitrogen and oxygen atoms in total. The number of hydrogen-bond donors (Lipinski definition) is 1. The van der Waals surface area contributed by atoms with Gasteiger partial charge in [-0.25, -0.2) is 9.37 Å². The maximum Gasteiger partial charge on any atom is 0.270 e. The molecule has 1 amide bonds. The van der Waals surface area contributed by atoms with E-state index in [0.717, 1.165) is 47.3 Å². The number of aromatic nitrogens is 1. The molecule has 31 heavy (non-hydrogen) atoms. The van der Waals surface area contributed by atoms with Gasteiger partial charge >= 0.3 is 0 Å². The number of fused-ring (bicyclic) bond motifs is 1. The van der Waals surface area contributed by atoms with Gasteiger partial charge in [-0.15, -0.1) is 0 Å². The molecule has 0 aliphatic carbocycles. The lowest BCUT2D eigenvalue weighted by Crippen LogP contribution is -2.29. The Bertz CT molecular complexity index is 1040. The normalized spacial score (nSPS) is 16.5. The molecule has 1 fully saturated rings. The molecule has 2 heterocycles. The maximum absolute atomic E-state index is 13.3. The second-order valence-electron chi connectivity index (χ2n) is 7.83. The summed E-state index contributed by atoms with van der Waals surface area (Å²) in [5.74, 6) is 0.621. The molecule has 0 radical (unpaired) electrons. The minimum atomic E-state index is -0.713. The van der Waals surface area contributed by atoms with Crippen molar-refractivity contribution in [1.82, 2.24) is 15.2 Å². The molecule has 0 saturated carbocycles. The van der Waals surface area contributed by atoms with Gasteiger partial charge in [0.05, 0.1) is 12.3 Å². The minimum Gasteiger partial charge on any atom is -0.494 e. The first-order chi connectivity index (χ1) is 15.1. The molecule has 1 unspecified atom stereocenters. The van der Waals surface area contributed by atoms with Gasteiger partial charge in [-0.2, -0.15) is 0 Å². The first-order valence-corrected chi connectivity index (χ1v) is 10.9. The van der Waals surface area contributed by atoms with Gasteiger partial charge < -0.3 is 15.0 Å². The Morgan fingerprint density at radius 3 is 2.77 bits per heavy atom. The van der Waals surface area contributed by atoms with Crippen molar-refractivity contribution in [3.05, 3.63) is 60.3 Å².